The van der Waals surface area contributed by atoms with E-state index in [-0.39, 0.29) is 12.2 Å². The van der Waals surface area contributed by atoms with E-state index in [4.69, 9.17) is 5.26 Å². The number of halogens is 2. The lowest BCUT2D eigenvalue weighted by Gasteiger charge is -2.03. The van der Waals surface area contributed by atoms with Gasteiger partial charge >= 0.3 is 0 Å². The minimum absolute atomic E-state index is 0.197. The van der Waals surface area contributed by atoms with E-state index in [2.05, 4.69) is 20.9 Å². The van der Waals surface area contributed by atoms with E-state index in [9.17, 15) is 4.39 Å². The summed E-state index contributed by atoms with van der Waals surface area (Å²) in [5.41, 5.74) is 1.05. The maximum absolute atomic E-state index is 13.6. The smallest absolute Gasteiger partial charge is 0.143 e. The first-order valence-corrected chi connectivity index (χ1v) is 5.77. The predicted molar refractivity (Wildman–Crippen MR) is 65.6 cm³/mol. The largest absolute Gasteiger partial charge is 0.322 e. The number of nitrogens with zero attached hydrogens (tertiary/aromatic N) is 3. The van der Waals surface area contributed by atoms with Gasteiger partial charge in [0.2, 0.25) is 0 Å². The van der Waals surface area contributed by atoms with Crippen molar-refractivity contribution < 1.29 is 4.39 Å². The van der Waals surface area contributed by atoms with Crippen LogP contribution in [0.4, 0.5) is 4.39 Å². The molecule has 5 heteroatoms. The fourth-order valence-electron chi connectivity index (χ4n) is 1.61. The summed E-state index contributed by atoms with van der Waals surface area (Å²) in [5.74, 6) is 0.192. The molecule has 2 aromatic rings. The van der Waals surface area contributed by atoms with Crippen LogP contribution in [0.15, 0.2) is 28.9 Å². The van der Waals surface area contributed by atoms with Crippen LogP contribution in [0.2, 0.25) is 0 Å². The molecule has 0 bridgehead atoms. The van der Waals surface area contributed by atoms with Gasteiger partial charge in [-0.15, -0.1) is 0 Å². The minimum atomic E-state index is -0.323. The van der Waals surface area contributed by atoms with Crippen molar-refractivity contribution in [1.29, 1.82) is 5.26 Å². The molecule has 3 nitrogen and oxygen atoms in total. The Morgan fingerprint density at radius 1 is 1.47 bits per heavy atom. The molecular weight excluding hydrogens is 285 g/mol. The van der Waals surface area contributed by atoms with Crippen LogP contribution in [0.3, 0.4) is 0 Å². The third kappa shape index (κ3) is 2.08. The topological polar surface area (TPSA) is 41.6 Å². The van der Waals surface area contributed by atoms with Crippen molar-refractivity contribution in [2.24, 2.45) is 7.05 Å². The second kappa shape index (κ2) is 4.68. The summed E-state index contributed by atoms with van der Waals surface area (Å²) in [5, 5.41) is 8.68. The minimum Gasteiger partial charge on any atom is -0.322 e. The lowest BCUT2D eigenvalue weighted by molar-refractivity contribution is 0.628. The van der Waals surface area contributed by atoms with Gasteiger partial charge in [-0.2, -0.15) is 5.26 Å². The number of aromatic nitrogens is 2. The molecule has 1 aromatic carbocycles. The lowest BCUT2D eigenvalue weighted by Crippen LogP contribution is -1.94. The highest BCUT2D eigenvalue weighted by Gasteiger charge is 2.15. The van der Waals surface area contributed by atoms with Gasteiger partial charge in [-0.25, -0.2) is 9.37 Å². The molecule has 0 amide bonds. The first-order valence-electron chi connectivity index (χ1n) is 4.98. The first kappa shape index (κ1) is 11.8. The predicted octanol–water partition coefficient (Wildman–Crippen LogP) is 3.05. The Bertz CT molecular complexity index is 598. The Labute approximate surface area is 107 Å². The van der Waals surface area contributed by atoms with E-state index in [1.807, 2.05) is 6.07 Å². The van der Waals surface area contributed by atoms with E-state index in [0.29, 0.717) is 21.7 Å². The number of imidazole rings is 1. The molecule has 0 spiro atoms. The summed E-state index contributed by atoms with van der Waals surface area (Å²) in [6.45, 7) is 0. The van der Waals surface area contributed by atoms with Gasteiger partial charge in [-0.3, -0.25) is 0 Å². The zero-order chi connectivity index (χ0) is 12.4. The Balaban J connectivity index is 2.58. The second-order valence-electron chi connectivity index (χ2n) is 3.55. The molecule has 17 heavy (non-hydrogen) atoms. The zero-order valence-electron chi connectivity index (χ0n) is 9.11. The maximum atomic E-state index is 13.6. The average Bonchev–Trinajstić information content (AvgIpc) is 2.59. The highest BCUT2D eigenvalue weighted by Crippen LogP contribution is 2.27. The van der Waals surface area contributed by atoms with Crippen molar-refractivity contribution in [2.45, 2.75) is 6.42 Å². The Morgan fingerprint density at radius 2 is 2.18 bits per heavy atom. The van der Waals surface area contributed by atoms with Gasteiger partial charge in [-0.05, 0) is 28.1 Å². The molecule has 1 aromatic heterocycles. The molecule has 0 fully saturated rings. The average molecular weight is 294 g/mol. The van der Waals surface area contributed by atoms with E-state index in [1.54, 1.807) is 29.8 Å². The van der Waals surface area contributed by atoms with Crippen molar-refractivity contribution in [1.82, 2.24) is 9.55 Å². The van der Waals surface area contributed by atoms with Crippen LogP contribution in [0, 0.1) is 17.1 Å². The Kier molecular flexibility index (Phi) is 3.25. The summed E-state index contributed by atoms with van der Waals surface area (Å²) in [6, 6.07) is 8.48. The second-order valence-corrected chi connectivity index (χ2v) is 4.30. The van der Waals surface area contributed by atoms with Crippen molar-refractivity contribution in [3.8, 4) is 17.5 Å². The molecule has 0 aliphatic heterocycles. The fourth-order valence-corrected chi connectivity index (χ4v) is 2.00. The zero-order valence-corrected chi connectivity index (χ0v) is 10.7. The van der Waals surface area contributed by atoms with Gasteiger partial charge < -0.3 is 4.57 Å². The van der Waals surface area contributed by atoms with Crippen molar-refractivity contribution in [3.63, 3.8) is 0 Å². The molecule has 0 saturated heterocycles. The van der Waals surface area contributed by atoms with E-state index in [0.717, 1.165) is 0 Å². The molecule has 0 atom stereocenters. The molecule has 0 aliphatic rings. The third-order valence-corrected chi connectivity index (χ3v) is 3.44. The van der Waals surface area contributed by atoms with E-state index < -0.39 is 0 Å². The van der Waals surface area contributed by atoms with Gasteiger partial charge in [0.25, 0.3) is 0 Å². The van der Waals surface area contributed by atoms with E-state index >= 15 is 0 Å². The summed E-state index contributed by atoms with van der Waals surface area (Å²) >= 11 is 3.35. The SMILES string of the molecule is Cn1c(-c2ccccc2F)nc(CC#N)c1Br. The summed E-state index contributed by atoms with van der Waals surface area (Å²) < 4.78 is 16.1. The van der Waals surface area contributed by atoms with Gasteiger partial charge in [0.05, 0.1) is 23.7 Å². The molecule has 1 heterocycles. The quantitative estimate of drug-likeness (QED) is 0.854. The maximum Gasteiger partial charge on any atom is 0.143 e. The van der Waals surface area contributed by atoms with Gasteiger partial charge in [-0.1, -0.05) is 12.1 Å². The number of hydrogen-bond donors (Lipinski definition) is 0. The monoisotopic (exact) mass is 293 g/mol. The van der Waals surface area contributed by atoms with Crippen LogP contribution in [0.5, 0.6) is 0 Å². The van der Waals surface area contributed by atoms with Crippen LogP contribution in [-0.2, 0) is 13.5 Å². The Morgan fingerprint density at radius 3 is 2.82 bits per heavy atom. The summed E-state index contributed by atoms with van der Waals surface area (Å²) in [4.78, 5) is 4.28. The van der Waals surface area contributed by atoms with Gasteiger partial charge in [0, 0.05) is 7.05 Å². The number of benzene rings is 1. The van der Waals surface area contributed by atoms with Crippen LogP contribution < -0.4 is 0 Å². The first-order chi connectivity index (χ1) is 8.15. The molecule has 0 N–H and O–H groups in total. The standard InChI is InChI=1S/C12H9BrFN3/c1-17-11(13)10(6-7-15)16-12(17)8-4-2-3-5-9(8)14/h2-5H,6H2,1H3. The van der Waals surface area contributed by atoms with Crippen LogP contribution >= 0.6 is 15.9 Å². The molecule has 0 unspecified atom stereocenters. The summed E-state index contributed by atoms with van der Waals surface area (Å²) in [6.07, 6.45) is 0.197. The summed E-state index contributed by atoms with van der Waals surface area (Å²) in [7, 11) is 1.78. The van der Waals surface area contributed by atoms with Crippen molar-refractivity contribution in [3.05, 3.63) is 40.4 Å². The van der Waals surface area contributed by atoms with Crippen molar-refractivity contribution >= 4 is 15.9 Å². The normalized spacial score (nSPS) is 10.2. The van der Waals surface area contributed by atoms with Crippen LogP contribution in [0.1, 0.15) is 5.69 Å². The third-order valence-electron chi connectivity index (χ3n) is 2.45. The van der Waals surface area contributed by atoms with Crippen LogP contribution in [-0.4, -0.2) is 9.55 Å². The molecule has 0 radical (unpaired) electrons. The van der Waals surface area contributed by atoms with E-state index in [1.165, 1.54) is 6.07 Å². The molecule has 2 rings (SSSR count). The lowest BCUT2D eigenvalue weighted by atomic mass is 10.2. The fraction of sp³-hybridized carbons (Fsp3) is 0.167. The molecule has 86 valence electrons. The van der Waals surface area contributed by atoms with Crippen LogP contribution in [0.25, 0.3) is 11.4 Å². The highest BCUT2D eigenvalue weighted by atomic mass is 79.9. The van der Waals surface area contributed by atoms with Crippen molar-refractivity contribution in [2.75, 3.05) is 0 Å². The highest BCUT2D eigenvalue weighted by molar-refractivity contribution is 9.10. The molecular formula is C12H9BrFN3. The molecule has 0 saturated carbocycles. The van der Waals surface area contributed by atoms with Gasteiger partial charge in [0.1, 0.15) is 16.2 Å². The van der Waals surface area contributed by atoms with Gasteiger partial charge in [0.15, 0.2) is 0 Å². The number of nitriles is 1. The molecule has 0 aliphatic carbocycles. The Hall–Kier alpha value is -1.67. The number of hydrogen-bond acceptors (Lipinski definition) is 2. The number of rotatable bonds is 2.